The van der Waals surface area contributed by atoms with Gasteiger partial charge in [-0.15, -0.1) is 0 Å². The normalized spacial score (nSPS) is 24.9. The Kier molecular flexibility index (Phi) is 3.55. The van der Waals surface area contributed by atoms with Gasteiger partial charge in [0.25, 0.3) is 10.1 Å². The molecule has 1 atom stereocenters. The highest BCUT2D eigenvalue weighted by Gasteiger charge is 2.34. The second-order valence-corrected chi connectivity index (χ2v) is 6.21. The van der Waals surface area contributed by atoms with Crippen LogP contribution >= 0.6 is 0 Å². The zero-order valence-corrected chi connectivity index (χ0v) is 9.60. The third-order valence-corrected chi connectivity index (χ3v) is 4.07. The van der Waals surface area contributed by atoms with Crippen LogP contribution in [0.25, 0.3) is 0 Å². The number of nitrogens with one attached hydrogen (secondary N) is 1. The van der Waals surface area contributed by atoms with Crippen LogP contribution in [0.2, 0.25) is 0 Å². The molecule has 5 heteroatoms. The van der Waals surface area contributed by atoms with Crippen molar-refractivity contribution < 1.29 is 13.0 Å². The number of rotatable bonds is 3. The Morgan fingerprint density at radius 2 is 2.14 bits per heavy atom. The average molecular weight is 221 g/mol. The topological polar surface area (TPSA) is 66.4 Å². The van der Waals surface area contributed by atoms with Crippen LogP contribution in [0.15, 0.2) is 0 Å². The second-order valence-electron chi connectivity index (χ2n) is 4.76. The fourth-order valence-corrected chi connectivity index (χ4v) is 3.28. The molecule has 0 bridgehead atoms. The summed E-state index contributed by atoms with van der Waals surface area (Å²) in [6, 6.07) is 0. The highest BCUT2D eigenvalue weighted by Crippen LogP contribution is 2.32. The van der Waals surface area contributed by atoms with Gasteiger partial charge in [0.05, 0.1) is 5.75 Å². The van der Waals surface area contributed by atoms with E-state index in [1.54, 1.807) is 0 Å². The van der Waals surface area contributed by atoms with E-state index in [2.05, 4.69) is 5.32 Å². The van der Waals surface area contributed by atoms with Crippen LogP contribution in [-0.4, -0.2) is 31.8 Å². The first-order valence-electron chi connectivity index (χ1n) is 4.97. The predicted octanol–water partition coefficient (Wildman–Crippen LogP) is 0.900. The average Bonchev–Trinajstić information content (AvgIpc) is 2.01. The number of hydrogen-bond acceptors (Lipinski definition) is 3. The van der Waals surface area contributed by atoms with E-state index in [4.69, 9.17) is 4.55 Å². The van der Waals surface area contributed by atoms with Gasteiger partial charge in [0.2, 0.25) is 0 Å². The molecule has 0 amide bonds. The van der Waals surface area contributed by atoms with Gasteiger partial charge in [-0.3, -0.25) is 4.55 Å². The van der Waals surface area contributed by atoms with E-state index in [0.29, 0.717) is 5.92 Å². The zero-order valence-electron chi connectivity index (χ0n) is 8.78. The standard InChI is InChI=1S/C9H19NO3S/c1-9(2,7-14(11,12)13)8-4-3-5-10-6-8/h8,10H,3-7H2,1-2H3,(H,11,12,13). The van der Waals surface area contributed by atoms with Gasteiger partial charge in [0, 0.05) is 0 Å². The van der Waals surface area contributed by atoms with Crippen molar-refractivity contribution in [2.24, 2.45) is 11.3 Å². The van der Waals surface area contributed by atoms with Gasteiger partial charge < -0.3 is 5.32 Å². The van der Waals surface area contributed by atoms with Crippen LogP contribution in [0.5, 0.6) is 0 Å². The Bertz CT molecular complexity index is 278. The molecule has 1 unspecified atom stereocenters. The van der Waals surface area contributed by atoms with Crippen molar-refractivity contribution in [2.75, 3.05) is 18.8 Å². The molecule has 84 valence electrons. The van der Waals surface area contributed by atoms with E-state index in [1.807, 2.05) is 13.8 Å². The van der Waals surface area contributed by atoms with Gasteiger partial charge in [0.15, 0.2) is 0 Å². The van der Waals surface area contributed by atoms with Crippen molar-refractivity contribution in [2.45, 2.75) is 26.7 Å². The molecule has 1 heterocycles. The molecule has 1 fully saturated rings. The highest BCUT2D eigenvalue weighted by molar-refractivity contribution is 7.85. The van der Waals surface area contributed by atoms with E-state index in [9.17, 15) is 8.42 Å². The van der Waals surface area contributed by atoms with Gasteiger partial charge in [0.1, 0.15) is 0 Å². The lowest BCUT2D eigenvalue weighted by Crippen LogP contribution is -2.41. The van der Waals surface area contributed by atoms with Crippen molar-refractivity contribution >= 4 is 10.1 Å². The molecule has 2 N–H and O–H groups in total. The van der Waals surface area contributed by atoms with Gasteiger partial charge >= 0.3 is 0 Å². The summed E-state index contributed by atoms with van der Waals surface area (Å²) >= 11 is 0. The molecule has 1 rings (SSSR count). The van der Waals surface area contributed by atoms with Crippen molar-refractivity contribution in [3.63, 3.8) is 0 Å². The molecule has 0 aromatic carbocycles. The Morgan fingerprint density at radius 3 is 2.57 bits per heavy atom. The Balaban J connectivity index is 2.63. The van der Waals surface area contributed by atoms with Gasteiger partial charge in [-0.05, 0) is 37.3 Å². The molecule has 1 saturated heterocycles. The lowest BCUT2D eigenvalue weighted by atomic mass is 9.76. The molecule has 1 aliphatic heterocycles. The molecular formula is C9H19NO3S. The Hall–Kier alpha value is -0.130. The molecule has 0 aromatic heterocycles. The third kappa shape index (κ3) is 3.55. The van der Waals surface area contributed by atoms with Crippen molar-refractivity contribution in [3.05, 3.63) is 0 Å². The van der Waals surface area contributed by atoms with E-state index in [-0.39, 0.29) is 11.2 Å². The van der Waals surface area contributed by atoms with Crippen LogP contribution in [0.4, 0.5) is 0 Å². The van der Waals surface area contributed by atoms with Crippen molar-refractivity contribution in [3.8, 4) is 0 Å². The minimum Gasteiger partial charge on any atom is -0.316 e. The van der Waals surface area contributed by atoms with Crippen LogP contribution in [-0.2, 0) is 10.1 Å². The first-order chi connectivity index (χ1) is 6.31. The minimum atomic E-state index is -3.86. The summed E-state index contributed by atoms with van der Waals surface area (Å²) in [6.07, 6.45) is 2.12. The van der Waals surface area contributed by atoms with E-state index in [0.717, 1.165) is 25.9 Å². The predicted molar refractivity (Wildman–Crippen MR) is 55.8 cm³/mol. The van der Waals surface area contributed by atoms with E-state index >= 15 is 0 Å². The first kappa shape index (κ1) is 11.9. The SMILES string of the molecule is CC(C)(CS(=O)(=O)O)C1CCCNC1. The molecular weight excluding hydrogens is 202 g/mol. The number of hydrogen-bond donors (Lipinski definition) is 2. The molecule has 1 aliphatic rings. The van der Waals surface area contributed by atoms with E-state index < -0.39 is 10.1 Å². The zero-order chi connectivity index (χ0) is 10.8. The molecule has 4 nitrogen and oxygen atoms in total. The summed E-state index contributed by atoms with van der Waals surface area (Å²) in [6.45, 7) is 5.66. The van der Waals surface area contributed by atoms with Crippen molar-refractivity contribution in [1.82, 2.24) is 5.32 Å². The van der Waals surface area contributed by atoms with Crippen LogP contribution in [0.3, 0.4) is 0 Å². The summed E-state index contributed by atoms with van der Waals surface area (Å²) in [5.74, 6) is 0.185. The maximum Gasteiger partial charge on any atom is 0.265 e. The van der Waals surface area contributed by atoms with Crippen molar-refractivity contribution in [1.29, 1.82) is 0 Å². The van der Waals surface area contributed by atoms with E-state index in [1.165, 1.54) is 0 Å². The van der Waals surface area contributed by atoms with Gasteiger partial charge in [-0.25, -0.2) is 0 Å². The first-order valence-corrected chi connectivity index (χ1v) is 6.58. The summed E-state index contributed by atoms with van der Waals surface area (Å²) in [5.41, 5.74) is -0.346. The largest absolute Gasteiger partial charge is 0.316 e. The molecule has 0 radical (unpaired) electrons. The minimum absolute atomic E-state index is 0.146. The van der Waals surface area contributed by atoms with Crippen LogP contribution in [0.1, 0.15) is 26.7 Å². The maximum absolute atomic E-state index is 10.8. The summed E-state index contributed by atoms with van der Waals surface area (Å²) in [4.78, 5) is 0. The van der Waals surface area contributed by atoms with Crippen LogP contribution in [0, 0.1) is 11.3 Å². The van der Waals surface area contributed by atoms with Gasteiger partial charge in [-0.1, -0.05) is 13.8 Å². The smallest absolute Gasteiger partial charge is 0.265 e. The lowest BCUT2D eigenvalue weighted by Gasteiger charge is -2.36. The lowest BCUT2D eigenvalue weighted by molar-refractivity contribution is 0.193. The summed E-state index contributed by atoms with van der Waals surface area (Å²) in [5, 5.41) is 3.25. The fourth-order valence-electron chi connectivity index (χ4n) is 2.11. The third-order valence-electron chi connectivity index (χ3n) is 2.96. The molecule has 14 heavy (non-hydrogen) atoms. The molecule has 0 aliphatic carbocycles. The second kappa shape index (κ2) is 4.16. The Morgan fingerprint density at radius 1 is 1.50 bits per heavy atom. The van der Waals surface area contributed by atoms with Crippen LogP contribution < -0.4 is 5.32 Å². The maximum atomic E-state index is 10.8. The fraction of sp³-hybridized carbons (Fsp3) is 1.00. The Labute approximate surface area is 85.8 Å². The molecule has 0 aromatic rings. The summed E-state index contributed by atoms with van der Waals surface area (Å²) < 4.78 is 30.5. The molecule has 0 spiro atoms. The summed E-state index contributed by atoms with van der Waals surface area (Å²) in [7, 11) is -3.86. The highest BCUT2D eigenvalue weighted by atomic mass is 32.2. The quantitative estimate of drug-likeness (QED) is 0.695. The van der Waals surface area contributed by atoms with Gasteiger partial charge in [-0.2, -0.15) is 8.42 Å². The number of piperidine rings is 1. The molecule has 0 saturated carbocycles. The monoisotopic (exact) mass is 221 g/mol.